The summed E-state index contributed by atoms with van der Waals surface area (Å²) in [6, 6.07) is 0. The quantitative estimate of drug-likeness (QED) is 0.786. The zero-order chi connectivity index (χ0) is 13.9. The number of sulfonamides is 1. The third-order valence-corrected chi connectivity index (χ3v) is 4.74. The van der Waals surface area contributed by atoms with E-state index in [0.29, 0.717) is 12.5 Å². The molecule has 1 aromatic rings. The van der Waals surface area contributed by atoms with Crippen molar-refractivity contribution in [1.82, 2.24) is 19.6 Å². The SMILES string of the molecule is CN1CCC(CNS(=O)(=O)c2cnc(N)nc2)CC1. The van der Waals surface area contributed by atoms with Crippen LogP contribution in [0.25, 0.3) is 0 Å². The molecular weight excluding hydrogens is 266 g/mol. The van der Waals surface area contributed by atoms with Gasteiger partial charge in [0, 0.05) is 6.54 Å². The number of nitrogen functional groups attached to an aromatic ring is 1. The molecule has 106 valence electrons. The molecule has 0 bridgehead atoms. The Hall–Kier alpha value is -1.25. The van der Waals surface area contributed by atoms with Crippen LogP contribution in [0.4, 0.5) is 5.95 Å². The van der Waals surface area contributed by atoms with Crippen molar-refractivity contribution < 1.29 is 8.42 Å². The highest BCUT2D eigenvalue weighted by atomic mass is 32.2. The summed E-state index contributed by atoms with van der Waals surface area (Å²) in [4.78, 5) is 9.68. The average molecular weight is 285 g/mol. The minimum absolute atomic E-state index is 0.0506. The largest absolute Gasteiger partial charge is 0.368 e. The summed E-state index contributed by atoms with van der Waals surface area (Å²) >= 11 is 0. The number of piperidine rings is 1. The average Bonchev–Trinajstić information content (AvgIpc) is 2.39. The molecule has 0 spiro atoms. The predicted molar refractivity (Wildman–Crippen MR) is 71.9 cm³/mol. The molecule has 0 aromatic carbocycles. The second-order valence-corrected chi connectivity index (χ2v) is 6.64. The summed E-state index contributed by atoms with van der Waals surface area (Å²) in [5.74, 6) is 0.454. The summed E-state index contributed by atoms with van der Waals surface area (Å²) in [5, 5.41) is 0. The Labute approximate surface area is 113 Å². The van der Waals surface area contributed by atoms with E-state index in [-0.39, 0.29) is 10.8 Å². The van der Waals surface area contributed by atoms with Crippen LogP contribution in [-0.2, 0) is 10.0 Å². The van der Waals surface area contributed by atoms with E-state index in [0.717, 1.165) is 25.9 Å². The summed E-state index contributed by atoms with van der Waals surface area (Å²) < 4.78 is 26.6. The van der Waals surface area contributed by atoms with E-state index < -0.39 is 10.0 Å². The third-order valence-electron chi connectivity index (χ3n) is 3.36. The first-order valence-electron chi connectivity index (χ1n) is 6.23. The summed E-state index contributed by atoms with van der Waals surface area (Å²) in [6.45, 7) is 2.48. The van der Waals surface area contributed by atoms with Crippen molar-refractivity contribution in [3.63, 3.8) is 0 Å². The molecule has 1 aliphatic heterocycles. The standard InChI is InChI=1S/C11H19N5O2S/c1-16-4-2-9(3-5-16)6-15-19(17,18)10-7-13-11(12)14-8-10/h7-9,15H,2-6H2,1H3,(H2,12,13,14). The summed E-state index contributed by atoms with van der Waals surface area (Å²) in [5.41, 5.74) is 5.33. The van der Waals surface area contributed by atoms with Crippen molar-refractivity contribution in [1.29, 1.82) is 0 Å². The van der Waals surface area contributed by atoms with Crippen molar-refractivity contribution >= 4 is 16.0 Å². The molecule has 2 heterocycles. The van der Waals surface area contributed by atoms with Gasteiger partial charge in [0.2, 0.25) is 16.0 Å². The maximum Gasteiger partial charge on any atom is 0.243 e. The molecule has 0 aliphatic carbocycles. The zero-order valence-corrected chi connectivity index (χ0v) is 11.7. The van der Waals surface area contributed by atoms with Crippen LogP contribution in [0.1, 0.15) is 12.8 Å². The van der Waals surface area contributed by atoms with Gasteiger partial charge < -0.3 is 10.6 Å². The first-order chi connectivity index (χ1) is 8.97. The molecule has 1 saturated heterocycles. The molecule has 1 aliphatic rings. The van der Waals surface area contributed by atoms with Crippen molar-refractivity contribution in [3.8, 4) is 0 Å². The lowest BCUT2D eigenvalue weighted by Crippen LogP contribution is -2.36. The van der Waals surface area contributed by atoms with Gasteiger partial charge in [0.25, 0.3) is 0 Å². The Morgan fingerprint density at radius 3 is 2.53 bits per heavy atom. The van der Waals surface area contributed by atoms with E-state index in [1.807, 2.05) is 0 Å². The number of nitrogens with zero attached hydrogens (tertiary/aromatic N) is 3. The second kappa shape index (κ2) is 5.81. The van der Waals surface area contributed by atoms with Crippen LogP contribution < -0.4 is 10.5 Å². The predicted octanol–water partition coefficient (Wildman–Crippen LogP) is -0.321. The van der Waals surface area contributed by atoms with Crippen LogP contribution in [0.5, 0.6) is 0 Å². The van der Waals surface area contributed by atoms with Crippen molar-refractivity contribution in [2.45, 2.75) is 17.7 Å². The lowest BCUT2D eigenvalue weighted by molar-refractivity contribution is 0.220. The number of nitrogens with two attached hydrogens (primary N) is 1. The molecular formula is C11H19N5O2S. The fraction of sp³-hybridized carbons (Fsp3) is 0.636. The second-order valence-electron chi connectivity index (χ2n) is 4.88. The highest BCUT2D eigenvalue weighted by Gasteiger charge is 2.20. The van der Waals surface area contributed by atoms with Crippen LogP contribution in [0.3, 0.4) is 0 Å². The molecule has 0 atom stereocenters. The minimum atomic E-state index is -3.53. The first kappa shape index (κ1) is 14.2. The molecule has 3 N–H and O–H groups in total. The smallest absolute Gasteiger partial charge is 0.243 e. The van der Waals surface area contributed by atoms with E-state index in [9.17, 15) is 8.42 Å². The first-order valence-corrected chi connectivity index (χ1v) is 7.71. The Balaban J connectivity index is 1.92. The Morgan fingerprint density at radius 2 is 1.95 bits per heavy atom. The topological polar surface area (TPSA) is 101 Å². The van der Waals surface area contributed by atoms with Gasteiger partial charge in [-0.25, -0.2) is 23.1 Å². The van der Waals surface area contributed by atoms with E-state index in [4.69, 9.17) is 5.73 Å². The molecule has 2 rings (SSSR count). The van der Waals surface area contributed by atoms with Gasteiger partial charge in [0.05, 0.1) is 12.4 Å². The van der Waals surface area contributed by atoms with Gasteiger partial charge in [-0.05, 0) is 38.9 Å². The van der Waals surface area contributed by atoms with Gasteiger partial charge >= 0.3 is 0 Å². The van der Waals surface area contributed by atoms with Gasteiger partial charge in [-0.1, -0.05) is 0 Å². The van der Waals surface area contributed by atoms with Gasteiger partial charge in [-0.2, -0.15) is 0 Å². The summed E-state index contributed by atoms with van der Waals surface area (Å²) in [7, 11) is -1.46. The molecule has 0 saturated carbocycles. The van der Waals surface area contributed by atoms with E-state index in [1.54, 1.807) is 0 Å². The van der Waals surface area contributed by atoms with Crippen molar-refractivity contribution in [3.05, 3.63) is 12.4 Å². The number of hydrogen-bond acceptors (Lipinski definition) is 6. The van der Waals surface area contributed by atoms with Gasteiger partial charge in [-0.15, -0.1) is 0 Å². The maximum absolute atomic E-state index is 12.0. The molecule has 1 aromatic heterocycles. The molecule has 0 unspecified atom stereocenters. The highest BCUT2D eigenvalue weighted by molar-refractivity contribution is 7.89. The van der Waals surface area contributed by atoms with Crippen LogP contribution in [0.15, 0.2) is 17.3 Å². The number of aromatic nitrogens is 2. The number of anilines is 1. The van der Waals surface area contributed by atoms with Gasteiger partial charge in [-0.3, -0.25) is 0 Å². The van der Waals surface area contributed by atoms with E-state index >= 15 is 0 Å². The molecule has 0 radical (unpaired) electrons. The minimum Gasteiger partial charge on any atom is -0.368 e. The van der Waals surface area contributed by atoms with Crippen molar-refractivity contribution in [2.24, 2.45) is 5.92 Å². The van der Waals surface area contributed by atoms with Crippen LogP contribution in [0, 0.1) is 5.92 Å². The molecule has 8 heteroatoms. The lowest BCUT2D eigenvalue weighted by Gasteiger charge is -2.28. The van der Waals surface area contributed by atoms with Crippen LogP contribution in [-0.4, -0.2) is 50.0 Å². The van der Waals surface area contributed by atoms with Crippen molar-refractivity contribution in [2.75, 3.05) is 32.4 Å². The molecule has 7 nitrogen and oxygen atoms in total. The molecule has 19 heavy (non-hydrogen) atoms. The monoisotopic (exact) mass is 285 g/mol. The molecule has 0 amide bonds. The summed E-state index contributed by atoms with van der Waals surface area (Å²) in [6.07, 6.45) is 4.47. The number of likely N-dealkylation sites (tertiary alicyclic amines) is 1. The van der Waals surface area contributed by atoms with Gasteiger partial charge in [0.15, 0.2) is 0 Å². The van der Waals surface area contributed by atoms with Crippen LogP contribution in [0.2, 0.25) is 0 Å². The van der Waals surface area contributed by atoms with Gasteiger partial charge in [0.1, 0.15) is 4.90 Å². The maximum atomic E-state index is 12.0. The fourth-order valence-electron chi connectivity index (χ4n) is 2.04. The number of hydrogen-bond donors (Lipinski definition) is 2. The molecule has 1 fully saturated rings. The van der Waals surface area contributed by atoms with Crippen LogP contribution >= 0.6 is 0 Å². The van der Waals surface area contributed by atoms with E-state index in [2.05, 4.69) is 26.6 Å². The Bertz CT molecular complexity index is 508. The van der Waals surface area contributed by atoms with E-state index in [1.165, 1.54) is 12.4 Å². The zero-order valence-electron chi connectivity index (χ0n) is 10.9. The Kier molecular flexibility index (Phi) is 4.33. The Morgan fingerprint density at radius 1 is 1.37 bits per heavy atom. The highest BCUT2D eigenvalue weighted by Crippen LogP contribution is 2.16. The lowest BCUT2D eigenvalue weighted by atomic mass is 9.98. The number of nitrogens with one attached hydrogen (secondary N) is 1. The normalized spacial score (nSPS) is 18.6. The third kappa shape index (κ3) is 3.85. The fourth-order valence-corrected chi connectivity index (χ4v) is 3.05. The number of rotatable bonds is 4.